The van der Waals surface area contributed by atoms with Crippen LogP contribution in [0.15, 0.2) is 22.5 Å². The third kappa shape index (κ3) is 7.36. The molecule has 7 heteroatoms. The average Bonchev–Trinajstić information content (AvgIpc) is 3.29. The van der Waals surface area contributed by atoms with Crippen molar-refractivity contribution in [3.63, 3.8) is 0 Å². The van der Waals surface area contributed by atoms with Crippen LogP contribution >= 0.6 is 35.3 Å². The van der Waals surface area contributed by atoms with Crippen LogP contribution in [0.3, 0.4) is 0 Å². The van der Waals surface area contributed by atoms with E-state index in [0.29, 0.717) is 0 Å². The molecule has 2 fully saturated rings. The van der Waals surface area contributed by atoms with Crippen LogP contribution in [0.1, 0.15) is 50.8 Å². The number of nitrogens with zero attached hydrogens (tertiary/aromatic N) is 3. The maximum Gasteiger partial charge on any atom is 0.191 e. The summed E-state index contributed by atoms with van der Waals surface area (Å²) < 4.78 is 0. The first-order valence-corrected chi connectivity index (χ1v) is 12.1. The highest BCUT2D eigenvalue weighted by Crippen LogP contribution is 2.41. The van der Waals surface area contributed by atoms with E-state index >= 15 is 0 Å². The standard InChI is InChI=1S/C22H39N5S.HI/c1-3-23-21(24-12-13-27-16-14-26(4-2)15-17-27)25-19-22(10-6-5-7-11-22)20-9-8-18-28-20;/h8-9,18H,3-7,10-17,19H2,1-2H3,(H2,23,24,25);1H. The lowest BCUT2D eigenvalue weighted by molar-refractivity contribution is 0.139. The van der Waals surface area contributed by atoms with Gasteiger partial charge in [-0.3, -0.25) is 9.89 Å². The summed E-state index contributed by atoms with van der Waals surface area (Å²) in [7, 11) is 0. The molecule has 1 aromatic rings. The summed E-state index contributed by atoms with van der Waals surface area (Å²) in [5.41, 5.74) is 0.255. The molecule has 29 heavy (non-hydrogen) atoms. The van der Waals surface area contributed by atoms with E-state index in [4.69, 9.17) is 4.99 Å². The number of guanidine groups is 1. The fourth-order valence-electron chi connectivity index (χ4n) is 4.52. The number of halogens is 1. The first-order valence-electron chi connectivity index (χ1n) is 11.3. The third-order valence-corrected chi connectivity index (χ3v) is 7.49. The van der Waals surface area contributed by atoms with E-state index < -0.39 is 0 Å². The monoisotopic (exact) mass is 533 g/mol. The number of hydrogen-bond acceptors (Lipinski definition) is 4. The van der Waals surface area contributed by atoms with E-state index in [1.54, 1.807) is 0 Å². The second kappa shape index (κ2) is 13.1. The molecule has 1 aliphatic carbocycles. The van der Waals surface area contributed by atoms with Gasteiger partial charge in [0, 0.05) is 56.1 Å². The smallest absolute Gasteiger partial charge is 0.191 e. The Morgan fingerprint density at radius 1 is 1.07 bits per heavy atom. The summed E-state index contributed by atoms with van der Waals surface area (Å²) in [6.07, 6.45) is 6.60. The van der Waals surface area contributed by atoms with Crippen molar-refractivity contribution in [3.8, 4) is 0 Å². The Kier molecular flexibility index (Phi) is 11.3. The Morgan fingerprint density at radius 2 is 1.79 bits per heavy atom. The van der Waals surface area contributed by atoms with Gasteiger partial charge in [0.05, 0.1) is 6.54 Å². The lowest BCUT2D eigenvalue weighted by Gasteiger charge is -2.35. The maximum atomic E-state index is 5.05. The van der Waals surface area contributed by atoms with Crippen molar-refractivity contribution >= 4 is 41.3 Å². The molecule has 0 spiro atoms. The van der Waals surface area contributed by atoms with Crippen LogP contribution in [-0.2, 0) is 5.41 Å². The van der Waals surface area contributed by atoms with Crippen molar-refractivity contribution in [2.24, 2.45) is 4.99 Å². The van der Waals surface area contributed by atoms with Gasteiger partial charge < -0.3 is 15.5 Å². The summed E-state index contributed by atoms with van der Waals surface area (Å²) in [6.45, 7) is 14.2. The predicted octanol–water partition coefficient (Wildman–Crippen LogP) is 3.76. The fourth-order valence-corrected chi connectivity index (χ4v) is 5.50. The topological polar surface area (TPSA) is 42.9 Å². The average molecular weight is 534 g/mol. The van der Waals surface area contributed by atoms with Crippen molar-refractivity contribution in [3.05, 3.63) is 22.4 Å². The molecule has 0 atom stereocenters. The molecule has 166 valence electrons. The predicted molar refractivity (Wildman–Crippen MR) is 137 cm³/mol. The highest BCUT2D eigenvalue weighted by atomic mass is 127. The molecule has 2 N–H and O–H groups in total. The van der Waals surface area contributed by atoms with Crippen LogP contribution in [0.25, 0.3) is 0 Å². The molecule has 5 nitrogen and oxygen atoms in total. The van der Waals surface area contributed by atoms with Gasteiger partial charge in [0.25, 0.3) is 0 Å². The first-order chi connectivity index (χ1) is 13.8. The Bertz CT molecular complexity index is 578. The molecule has 0 aromatic carbocycles. The normalized spacial score (nSPS) is 20.8. The molecule has 1 aromatic heterocycles. The summed E-state index contributed by atoms with van der Waals surface area (Å²) in [6, 6.07) is 4.52. The van der Waals surface area contributed by atoms with Crippen LogP contribution in [-0.4, -0.2) is 74.7 Å². The minimum atomic E-state index is 0. The maximum absolute atomic E-state index is 5.05. The van der Waals surface area contributed by atoms with Gasteiger partial charge >= 0.3 is 0 Å². The molecule has 2 heterocycles. The number of likely N-dealkylation sites (N-methyl/N-ethyl adjacent to an activating group) is 1. The lowest BCUT2D eigenvalue weighted by atomic mass is 9.73. The minimum absolute atomic E-state index is 0. The largest absolute Gasteiger partial charge is 0.357 e. The van der Waals surface area contributed by atoms with Crippen molar-refractivity contribution in [1.29, 1.82) is 0 Å². The highest BCUT2D eigenvalue weighted by molar-refractivity contribution is 14.0. The second-order valence-corrected chi connectivity index (χ2v) is 9.16. The SMILES string of the molecule is CCNC(=NCC1(c2cccs2)CCCCC1)NCCN1CCN(CC)CC1.I. The number of nitrogens with one attached hydrogen (secondary N) is 2. The fraction of sp³-hybridized carbons (Fsp3) is 0.773. The zero-order valence-corrected chi connectivity index (χ0v) is 21.4. The molecule has 1 saturated heterocycles. The van der Waals surface area contributed by atoms with Gasteiger partial charge in [0.1, 0.15) is 0 Å². The number of rotatable bonds is 8. The van der Waals surface area contributed by atoms with Gasteiger partial charge in [-0.2, -0.15) is 0 Å². The Labute approximate surface area is 198 Å². The van der Waals surface area contributed by atoms with Crippen LogP contribution in [0.4, 0.5) is 0 Å². The van der Waals surface area contributed by atoms with E-state index in [-0.39, 0.29) is 29.4 Å². The number of thiophene rings is 1. The van der Waals surface area contributed by atoms with E-state index in [1.807, 2.05) is 11.3 Å². The van der Waals surface area contributed by atoms with Crippen molar-refractivity contribution < 1.29 is 0 Å². The molecule has 1 aliphatic heterocycles. The molecule has 1 saturated carbocycles. The zero-order valence-electron chi connectivity index (χ0n) is 18.3. The molecule has 0 bridgehead atoms. The van der Waals surface area contributed by atoms with Crippen molar-refractivity contribution in [1.82, 2.24) is 20.4 Å². The molecular weight excluding hydrogens is 493 g/mol. The number of hydrogen-bond donors (Lipinski definition) is 2. The van der Waals surface area contributed by atoms with Gasteiger partial charge in [0.2, 0.25) is 0 Å². The quantitative estimate of drug-likeness (QED) is 0.304. The summed E-state index contributed by atoms with van der Waals surface area (Å²) in [5.74, 6) is 0.983. The van der Waals surface area contributed by atoms with Gasteiger partial charge in [-0.25, -0.2) is 0 Å². The van der Waals surface area contributed by atoms with E-state index in [9.17, 15) is 0 Å². The Hall–Kier alpha value is -0.380. The van der Waals surface area contributed by atoms with Crippen LogP contribution in [0, 0.1) is 0 Å². The number of piperazine rings is 1. The van der Waals surface area contributed by atoms with Crippen LogP contribution in [0.5, 0.6) is 0 Å². The molecule has 0 unspecified atom stereocenters. The van der Waals surface area contributed by atoms with Crippen LogP contribution in [0.2, 0.25) is 0 Å². The molecule has 3 rings (SSSR count). The Balaban J connectivity index is 0.00000300. The van der Waals surface area contributed by atoms with Crippen molar-refractivity contribution in [2.75, 3.05) is 58.9 Å². The molecule has 0 amide bonds. The summed E-state index contributed by atoms with van der Waals surface area (Å²) in [5, 5.41) is 9.26. The van der Waals surface area contributed by atoms with Crippen molar-refractivity contribution in [2.45, 2.75) is 51.4 Å². The van der Waals surface area contributed by atoms with Gasteiger partial charge in [0.15, 0.2) is 5.96 Å². The van der Waals surface area contributed by atoms with Gasteiger partial charge in [-0.15, -0.1) is 35.3 Å². The van der Waals surface area contributed by atoms with Gasteiger partial charge in [-0.1, -0.05) is 32.3 Å². The zero-order chi connectivity index (χ0) is 19.7. The van der Waals surface area contributed by atoms with E-state index in [2.05, 4.69) is 51.8 Å². The minimum Gasteiger partial charge on any atom is -0.357 e. The molecule has 2 aliphatic rings. The summed E-state index contributed by atoms with van der Waals surface area (Å²) in [4.78, 5) is 11.7. The highest BCUT2D eigenvalue weighted by Gasteiger charge is 2.34. The lowest BCUT2D eigenvalue weighted by Crippen LogP contribution is -2.49. The number of aliphatic imine (C=N–C) groups is 1. The summed E-state index contributed by atoms with van der Waals surface area (Å²) >= 11 is 1.91. The Morgan fingerprint density at radius 3 is 2.41 bits per heavy atom. The van der Waals surface area contributed by atoms with E-state index in [1.165, 1.54) is 69.7 Å². The molecule has 0 radical (unpaired) electrons. The molecular formula is C22H40IN5S. The second-order valence-electron chi connectivity index (χ2n) is 8.22. The first kappa shape index (κ1) is 24.9. The van der Waals surface area contributed by atoms with E-state index in [0.717, 1.165) is 32.1 Å². The third-order valence-electron chi connectivity index (χ3n) is 6.37. The van der Waals surface area contributed by atoms with Gasteiger partial charge in [-0.05, 0) is 37.8 Å². The van der Waals surface area contributed by atoms with Crippen LogP contribution < -0.4 is 10.6 Å².